The van der Waals surface area contributed by atoms with Gasteiger partial charge in [0.2, 0.25) is 5.91 Å². The molecule has 1 amide bonds. The number of carbonyl (C=O) groups excluding carboxylic acids is 3. The van der Waals surface area contributed by atoms with Crippen molar-refractivity contribution < 1.29 is 24.2 Å². The summed E-state index contributed by atoms with van der Waals surface area (Å²) in [5, 5.41) is 11.4. The first-order chi connectivity index (χ1) is 8.93. The van der Waals surface area contributed by atoms with Gasteiger partial charge in [-0.1, -0.05) is 0 Å². The topological polar surface area (TPSA) is 103 Å². The second-order valence-corrected chi connectivity index (χ2v) is 5.47. The maximum Gasteiger partial charge on any atom is 0.318 e. The molecular formula is C12H17NO5S. The van der Waals surface area contributed by atoms with Crippen molar-refractivity contribution in [3.05, 3.63) is 11.6 Å². The number of aliphatic hydroxyl groups is 1. The van der Waals surface area contributed by atoms with Crippen LogP contribution >= 0.6 is 11.8 Å². The monoisotopic (exact) mass is 287 g/mol. The summed E-state index contributed by atoms with van der Waals surface area (Å²) in [7, 11) is 1.34. The third kappa shape index (κ3) is 5.89. The fraction of sp³-hybridized carbons (Fsp3) is 0.583. The third-order valence-corrected chi connectivity index (χ3v) is 3.66. The highest BCUT2D eigenvalue weighted by Crippen LogP contribution is 2.22. The molecule has 0 saturated carbocycles. The maximum atomic E-state index is 11.3. The molecule has 2 unspecified atom stereocenters. The molecular weight excluding hydrogens is 270 g/mol. The number of Topliss-reactive ketones (excluding diaryl/α,β-unsaturated/α-hetero) is 1. The SMILES string of the molecule is COC(=O)C(C)SCC1=CC(O)CC1=O.O=C1CN1. The summed E-state index contributed by atoms with van der Waals surface area (Å²) in [5.41, 5.74) is 0.600. The van der Waals surface area contributed by atoms with E-state index in [1.54, 1.807) is 13.0 Å². The van der Waals surface area contributed by atoms with Crippen LogP contribution < -0.4 is 5.32 Å². The molecule has 1 heterocycles. The highest BCUT2D eigenvalue weighted by molar-refractivity contribution is 8.00. The standard InChI is InChI=1S/C10H14O4S.C2H3NO/c1-6(10(13)14-2)15-5-7-3-8(11)4-9(7)12;4-2-1-3-2/h3,6,8,11H,4-5H2,1-2H3;1H2,(H,3,4). The zero-order chi connectivity index (χ0) is 14.4. The summed E-state index contributed by atoms with van der Waals surface area (Å²) >= 11 is 1.34. The number of ketones is 1. The zero-order valence-corrected chi connectivity index (χ0v) is 11.7. The van der Waals surface area contributed by atoms with Gasteiger partial charge in [-0.3, -0.25) is 14.4 Å². The number of amides is 1. The molecule has 0 spiro atoms. The van der Waals surface area contributed by atoms with E-state index in [1.807, 2.05) is 0 Å². The number of carbonyl (C=O) groups is 3. The van der Waals surface area contributed by atoms with Crippen LogP contribution in [0.15, 0.2) is 11.6 Å². The van der Waals surface area contributed by atoms with Crippen LogP contribution in [-0.2, 0) is 19.1 Å². The van der Waals surface area contributed by atoms with Crippen molar-refractivity contribution in [3.63, 3.8) is 0 Å². The van der Waals surface area contributed by atoms with Crippen LogP contribution in [0.3, 0.4) is 0 Å². The van der Waals surface area contributed by atoms with Crippen LogP contribution in [0.5, 0.6) is 0 Å². The molecule has 0 aromatic rings. The smallest absolute Gasteiger partial charge is 0.318 e. The normalized spacial score (nSPS) is 21.8. The van der Waals surface area contributed by atoms with Gasteiger partial charge < -0.3 is 15.2 Å². The van der Waals surface area contributed by atoms with Crippen LogP contribution in [0.2, 0.25) is 0 Å². The number of esters is 1. The number of nitrogens with one attached hydrogen (secondary N) is 1. The first kappa shape index (κ1) is 15.7. The second-order valence-electron chi connectivity index (χ2n) is 4.14. The van der Waals surface area contributed by atoms with Gasteiger partial charge in [-0.2, -0.15) is 0 Å². The molecule has 0 bridgehead atoms. The molecule has 2 aliphatic rings. The molecule has 7 heteroatoms. The maximum absolute atomic E-state index is 11.3. The zero-order valence-electron chi connectivity index (χ0n) is 10.8. The van der Waals surface area contributed by atoms with Crippen molar-refractivity contribution in [1.29, 1.82) is 0 Å². The van der Waals surface area contributed by atoms with E-state index < -0.39 is 6.10 Å². The van der Waals surface area contributed by atoms with Gasteiger partial charge in [0.15, 0.2) is 5.78 Å². The van der Waals surface area contributed by atoms with Crippen molar-refractivity contribution >= 4 is 29.4 Å². The fourth-order valence-corrected chi connectivity index (χ4v) is 2.24. The predicted octanol–water partition coefficient (Wildman–Crippen LogP) is -0.343. The molecule has 2 atom stereocenters. The number of methoxy groups -OCH3 is 1. The lowest BCUT2D eigenvalue weighted by Gasteiger charge is -2.08. The van der Waals surface area contributed by atoms with Gasteiger partial charge in [0, 0.05) is 17.7 Å². The number of aliphatic hydroxyl groups excluding tert-OH is 1. The molecule has 106 valence electrons. The van der Waals surface area contributed by atoms with Crippen molar-refractivity contribution in [2.45, 2.75) is 24.7 Å². The van der Waals surface area contributed by atoms with Gasteiger partial charge in [-0.15, -0.1) is 11.8 Å². The van der Waals surface area contributed by atoms with Gasteiger partial charge in [0.05, 0.1) is 25.0 Å². The minimum absolute atomic E-state index is 0.0351. The van der Waals surface area contributed by atoms with E-state index in [4.69, 9.17) is 0 Å². The minimum atomic E-state index is -0.651. The highest BCUT2D eigenvalue weighted by atomic mass is 32.2. The van der Waals surface area contributed by atoms with E-state index in [0.29, 0.717) is 17.9 Å². The first-order valence-corrected chi connectivity index (χ1v) is 6.87. The summed E-state index contributed by atoms with van der Waals surface area (Å²) in [6, 6.07) is 0. The largest absolute Gasteiger partial charge is 0.468 e. The molecule has 6 nitrogen and oxygen atoms in total. The van der Waals surface area contributed by atoms with E-state index in [1.165, 1.54) is 18.9 Å². The van der Waals surface area contributed by atoms with Crippen LogP contribution in [0.1, 0.15) is 13.3 Å². The van der Waals surface area contributed by atoms with E-state index in [2.05, 4.69) is 10.1 Å². The molecule has 19 heavy (non-hydrogen) atoms. The van der Waals surface area contributed by atoms with E-state index in [0.717, 1.165) is 0 Å². The number of rotatable bonds is 4. The Hall–Kier alpha value is -1.34. The molecule has 2 N–H and O–H groups in total. The Morgan fingerprint density at radius 2 is 2.21 bits per heavy atom. The number of hydrogen-bond donors (Lipinski definition) is 2. The van der Waals surface area contributed by atoms with E-state index in [9.17, 15) is 19.5 Å². The van der Waals surface area contributed by atoms with Gasteiger partial charge in [0.1, 0.15) is 0 Å². The molecule has 1 saturated heterocycles. The van der Waals surface area contributed by atoms with Crippen LogP contribution in [0.25, 0.3) is 0 Å². The molecule has 0 radical (unpaired) electrons. The third-order valence-electron chi connectivity index (χ3n) is 2.49. The van der Waals surface area contributed by atoms with Crippen LogP contribution in [0.4, 0.5) is 0 Å². The number of hydrogen-bond acceptors (Lipinski definition) is 6. The molecule has 1 aliphatic heterocycles. The average molecular weight is 287 g/mol. The van der Waals surface area contributed by atoms with Gasteiger partial charge in [-0.25, -0.2) is 0 Å². The van der Waals surface area contributed by atoms with Gasteiger partial charge >= 0.3 is 5.97 Å². The Labute approximate surface area is 115 Å². The van der Waals surface area contributed by atoms with E-state index >= 15 is 0 Å². The molecule has 0 aromatic carbocycles. The Morgan fingerprint density at radius 3 is 2.58 bits per heavy atom. The van der Waals surface area contributed by atoms with Crippen molar-refractivity contribution in [3.8, 4) is 0 Å². The van der Waals surface area contributed by atoms with Crippen molar-refractivity contribution in [2.75, 3.05) is 19.4 Å². The lowest BCUT2D eigenvalue weighted by Crippen LogP contribution is -2.16. The summed E-state index contributed by atoms with van der Waals surface area (Å²) in [4.78, 5) is 31.8. The molecule has 0 aromatic heterocycles. The predicted molar refractivity (Wildman–Crippen MR) is 70.7 cm³/mol. The Bertz CT molecular complexity index is 401. The summed E-state index contributed by atoms with van der Waals surface area (Å²) < 4.78 is 4.56. The molecule has 1 aliphatic carbocycles. The van der Waals surface area contributed by atoms with Gasteiger partial charge in [-0.05, 0) is 13.0 Å². The lowest BCUT2D eigenvalue weighted by molar-refractivity contribution is -0.139. The average Bonchev–Trinajstić information content (AvgIpc) is 3.08. The fourth-order valence-electron chi connectivity index (χ4n) is 1.32. The van der Waals surface area contributed by atoms with Gasteiger partial charge in [0.25, 0.3) is 0 Å². The number of thioether (sulfide) groups is 1. The van der Waals surface area contributed by atoms with Crippen LogP contribution in [0, 0.1) is 0 Å². The van der Waals surface area contributed by atoms with Crippen LogP contribution in [-0.4, -0.2) is 53.5 Å². The summed E-state index contributed by atoms with van der Waals surface area (Å²) in [6.07, 6.45) is 1.07. The Balaban J connectivity index is 0.000000382. The van der Waals surface area contributed by atoms with Crippen molar-refractivity contribution in [1.82, 2.24) is 5.32 Å². The summed E-state index contributed by atoms with van der Waals surface area (Å²) in [5.74, 6) is 0.283. The molecule has 2 rings (SSSR count). The Morgan fingerprint density at radius 1 is 1.63 bits per heavy atom. The second kappa shape index (κ2) is 7.30. The van der Waals surface area contributed by atoms with E-state index in [-0.39, 0.29) is 29.3 Å². The van der Waals surface area contributed by atoms with Crippen molar-refractivity contribution in [2.24, 2.45) is 0 Å². The lowest BCUT2D eigenvalue weighted by atomic mass is 10.2. The first-order valence-electron chi connectivity index (χ1n) is 5.82. The Kier molecular flexibility index (Phi) is 6.04. The number of ether oxygens (including phenoxy) is 1. The highest BCUT2D eigenvalue weighted by Gasteiger charge is 2.23. The summed E-state index contributed by atoms with van der Waals surface area (Å²) in [6.45, 7) is 2.33. The quantitative estimate of drug-likeness (QED) is 0.541. The molecule has 1 fully saturated rings. The minimum Gasteiger partial charge on any atom is -0.468 e.